The zero-order valence-corrected chi connectivity index (χ0v) is 21.2. The topological polar surface area (TPSA) is 77.8 Å². The van der Waals surface area contributed by atoms with Crippen molar-refractivity contribution in [3.05, 3.63) is 53.2 Å². The lowest BCUT2D eigenvalue weighted by molar-refractivity contribution is 0.0699. The molecule has 1 saturated heterocycles. The largest absolute Gasteiger partial charge is 0.494 e. The van der Waals surface area contributed by atoms with E-state index < -0.39 is 0 Å². The van der Waals surface area contributed by atoms with E-state index in [9.17, 15) is 4.79 Å². The van der Waals surface area contributed by atoms with Crippen LogP contribution in [0.2, 0.25) is 0 Å². The van der Waals surface area contributed by atoms with E-state index in [4.69, 9.17) is 15.6 Å². The van der Waals surface area contributed by atoms with Crippen LogP contribution in [0.1, 0.15) is 47.2 Å². The lowest BCUT2D eigenvalue weighted by Crippen LogP contribution is -2.41. The van der Waals surface area contributed by atoms with E-state index in [1.54, 1.807) is 7.11 Å². The van der Waals surface area contributed by atoms with Gasteiger partial charge in [0.25, 0.3) is 5.91 Å². The molecule has 3 aliphatic rings. The number of carbonyl (C=O) groups is 1. The Morgan fingerprint density at radius 1 is 1.14 bits per heavy atom. The minimum Gasteiger partial charge on any atom is -0.494 e. The highest BCUT2D eigenvalue weighted by molar-refractivity contribution is 5.96. The minimum absolute atomic E-state index is 0.0193. The molecule has 7 rings (SSSR count). The molecule has 3 fully saturated rings. The van der Waals surface area contributed by atoms with E-state index in [0.717, 1.165) is 54.3 Å². The number of nitrogens with zero attached hydrogens (tertiary/aromatic N) is 4. The van der Waals surface area contributed by atoms with Crippen LogP contribution in [-0.4, -0.2) is 50.7 Å². The van der Waals surface area contributed by atoms with E-state index in [2.05, 4.69) is 42.7 Å². The van der Waals surface area contributed by atoms with E-state index in [0.29, 0.717) is 17.2 Å². The first kappa shape index (κ1) is 21.9. The molecule has 7 nitrogen and oxygen atoms in total. The summed E-state index contributed by atoms with van der Waals surface area (Å²) in [5.41, 5.74) is 13.5. The Kier molecular flexibility index (Phi) is 4.77. The summed E-state index contributed by atoms with van der Waals surface area (Å²) < 4.78 is 10.1. The molecular formula is C29H33N5O2. The SMILES string of the molecule is COc1cc(C(=O)N2CC3CCC2[C@@H]3N)cn2nc(-c3cc4ccc(C)cc4n3CC3CC3)c(C)c12. The van der Waals surface area contributed by atoms with Crippen LogP contribution in [0, 0.1) is 25.7 Å². The van der Waals surface area contributed by atoms with Gasteiger partial charge in [0.05, 0.1) is 18.4 Å². The molecule has 0 radical (unpaired) electrons. The lowest BCUT2D eigenvalue weighted by Gasteiger charge is -2.27. The summed E-state index contributed by atoms with van der Waals surface area (Å²) in [7, 11) is 1.66. The highest BCUT2D eigenvalue weighted by atomic mass is 16.5. The first-order valence-electron chi connectivity index (χ1n) is 13.2. The number of hydrogen-bond acceptors (Lipinski definition) is 4. The molecule has 2 unspecified atom stereocenters. The summed E-state index contributed by atoms with van der Waals surface area (Å²) >= 11 is 0. The molecule has 3 aromatic heterocycles. The van der Waals surface area contributed by atoms with E-state index in [1.165, 1.54) is 29.3 Å². The quantitative estimate of drug-likeness (QED) is 0.452. The number of likely N-dealkylation sites (tertiary alicyclic amines) is 1. The summed E-state index contributed by atoms with van der Waals surface area (Å²) in [4.78, 5) is 15.5. The molecule has 2 N–H and O–H groups in total. The number of piperidine rings is 1. The number of aromatic nitrogens is 3. The van der Waals surface area contributed by atoms with Crippen molar-refractivity contribution in [2.45, 2.75) is 58.2 Å². The smallest absolute Gasteiger partial charge is 0.255 e. The maximum absolute atomic E-state index is 13.6. The Hall–Kier alpha value is -3.32. The maximum Gasteiger partial charge on any atom is 0.255 e. The van der Waals surface area contributed by atoms with Crippen LogP contribution in [0.25, 0.3) is 27.8 Å². The van der Waals surface area contributed by atoms with Crippen molar-refractivity contribution in [2.24, 2.45) is 17.6 Å². The zero-order valence-electron chi connectivity index (χ0n) is 21.2. The number of ether oxygens (including phenoxy) is 1. The van der Waals surface area contributed by atoms with Gasteiger partial charge in [-0.3, -0.25) is 4.79 Å². The number of nitrogens with two attached hydrogens (primary N) is 1. The molecule has 2 saturated carbocycles. The molecule has 1 amide bonds. The van der Waals surface area contributed by atoms with Crippen LogP contribution in [0.5, 0.6) is 5.75 Å². The first-order valence-corrected chi connectivity index (χ1v) is 13.2. The fourth-order valence-electron chi connectivity index (χ4n) is 6.57. The third-order valence-corrected chi connectivity index (χ3v) is 8.75. The normalized spacial score (nSPS) is 23.3. The van der Waals surface area contributed by atoms with Crippen LogP contribution in [0.15, 0.2) is 36.5 Å². The summed E-state index contributed by atoms with van der Waals surface area (Å²) in [6, 6.07) is 11.0. The number of carbonyl (C=O) groups excluding carboxylic acids is 1. The summed E-state index contributed by atoms with van der Waals surface area (Å²) in [5, 5.41) is 6.28. The summed E-state index contributed by atoms with van der Waals surface area (Å²) in [6.07, 6.45) is 6.56. The van der Waals surface area contributed by atoms with Gasteiger partial charge in [0.15, 0.2) is 0 Å². The van der Waals surface area contributed by atoms with Crippen LogP contribution in [0.4, 0.5) is 0 Å². The third-order valence-electron chi connectivity index (χ3n) is 8.75. The minimum atomic E-state index is 0.0193. The second-order valence-electron chi connectivity index (χ2n) is 11.1. The van der Waals surface area contributed by atoms with Gasteiger partial charge >= 0.3 is 0 Å². The van der Waals surface area contributed by atoms with Crippen LogP contribution in [0.3, 0.4) is 0 Å². The monoisotopic (exact) mass is 483 g/mol. The number of aryl methyl sites for hydroxylation is 2. The second-order valence-corrected chi connectivity index (χ2v) is 11.1. The Bertz CT molecular complexity index is 1530. The van der Waals surface area contributed by atoms with Gasteiger partial charge in [0.1, 0.15) is 17.0 Å². The Morgan fingerprint density at radius 3 is 2.67 bits per heavy atom. The summed E-state index contributed by atoms with van der Waals surface area (Å²) in [6.45, 7) is 6.00. The fraction of sp³-hybridized carbons (Fsp3) is 0.448. The predicted molar refractivity (Wildman–Crippen MR) is 140 cm³/mol. The average molecular weight is 484 g/mol. The number of pyridine rings is 1. The van der Waals surface area contributed by atoms with Crippen LogP contribution >= 0.6 is 0 Å². The molecule has 1 aliphatic heterocycles. The number of amides is 1. The first-order chi connectivity index (χ1) is 17.4. The fourth-order valence-corrected chi connectivity index (χ4v) is 6.57. The zero-order chi connectivity index (χ0) is 24.7. The number of hydrogen-bond donors (Lipinski definition) is 1. The number of benzene rings is 1. The molecule has 4 aromatic rings. The van der Waals surface area contributed by atoms with Crippen molar-refractivity contribution in [3.8, 4) is 17.1 Å². The highest BCUT2D eigenvalue weighted by Crippen LogP contribution is 2.40. The third kappa shape index (κ3) is 3.22. The maximum atomic E-state index is 13.6. The van der Waals surface area contributed by atoms with E-state index in [-0.39, 0.29) is 18.0 Å². The Balaban J connectivity index is 1.35. The molecule has 4 heterocycles. The molecule has 0 spiro atoms. The van der Waals surface area contributed by atoms with Crippen molar-refractivity contribution in [2.75, 3.05) is 13.7 Å². The number of rotatable bonds is 5. The van der Waals surface area contributed by atoms with Gasteiger partial charge in [0.2, 0.25) is 0 Å². The van der Waals surface area contributed by atoms with Crippen molar-refractivity contribution >= 4 is 22.3 Å². The van der Waals surface area contributed by atoms with Crippen LogP contribution in [-0.2, 0) is 6.54 Å². The molecular weight excluding hydrogens is 450 g/mol. The molecule has 2 aliphatic carbocycles. The number of fused-ring (bicyclic) bond motifs is 4. The predicted octanol–water partition coefficient (Wildman–Crippen LogP) is 4.55. The van der Waals surface area contributed by atoms with Crippen molar-refractivity contribution in [3.63, 3.8) is 0 Å². The van der Waals surface area contributed by atoms with Gasteiger partial charge in [-0.2, -0.15) is 5.10 Å². The molecule has 36 heavy (non-hydrogen) atoms. The number of methoxy groups -OCH3 is 1. The van der Waals surface area contributed by atoms with Gasteiger partial charge in [0, 0.05) is 47.8 Å². The van der Waals surface area contributed by atoms with Crippen LogP contribution < -0.4 is 10.5 Å². The van der Waals surface area contributed by atoms with Gasteiger partial charge < -0.3 is 19.9 Å². The van der Waals surface area contributed by atoms with Gasteiger partial charge in [-0.15, -0.1) is 0 Å². The molecule has 1 aromatic carbocycles. The van der Waals surface area contributed by atoms with Gasteiger partial charge in [-0.05, 0) is 75.1 Å². The van der Waals surface area contributed by atoms with Gasteiger partial charge in [-0.1, -0.05) is 12.1 Å². The van der Waals surface area contributed by atoms with Crippen molar-refractivity contribution in [1.29, 1.82) is 0 Å². The standard InChI is InChI=1S/C29H33N5O2/c1-16-4-7-19-11-24(32(23(19)10-16)13-18-5-6-18)27-17(2)28-25(36-3)12-21(15-34(28)31-27)29(35)33-14-20-8-9-22(33)26(20)30/h4,7,10-12,15,18,20,22,26H,5-6,8-9,13-14,30H2,1-3H3/t20?,22?,26-/m1/s1. The Morgan fingerprint density at radius 2 is 1.97 bits per heavy atom. The van der Waals surface area contributed by atoms with E-state index >= 15 is 0 Å². The summed E-state index contributed by atoms with van der Waals surface area (Å²) in [5.74, 6) is 1.84. The second kappa shape index (κ2) is 7.84. The van der Waals surface area contributed by atoms with Crippen molar-refractivity contribution in [1.82, 2.24) is 19.1 Å². The molecule has 3 atom stereocenters. The lowest BCUT2D eigenvalue weighted by atomic mass is 10.1. The molecule has 186 valence electrons. The molecule has 7 heteroatoms. The molecule has 2 bridgehead atoms. The van der Waals surface area contributed by atoms with E-state index in [1.807, 2.05) is 21.7 Å². The van der Waals surface area contributed by atoms with Crippen molar-refractivity contribution < 1.29 is 9.53 Å². The Labute approximate surface area is 210 Å². The average Bonchev–Trinajstić information content (AvgIpc) is 3.29. The van der Waals surface area contributed by atoms with Gasteiger partial charge in [-0.25, -0.2) is 4.52 Å². The highest BCUT2D eigenvalue weighted by Gasteiger charge is 2.47.